The standard InChI is InChI=1S/C17H24N2O/c1-4-18-11-15-9-10-20-17(15)13-19(3)12-16-8-6-5-7-14(16)2/h5-10,18H,4,11-13H2,1-3H3. The molecule has 0 atom stereocenters. The lowest BCUT2D eigenvalue weighted by molar-refractivity contribution is 0.285. The van der Waals surface area contributed by atoms with E-state index in [1.807, 2.05) is 0 Å². The maximum Gasteiger partial charge on any atom is 0.122 e. The Balaban J connectivity index is 1.96. The molecule has 108 valence electrons. The van der Waals surface area contributed by atoms with E-state index in [1.54, 1.807) is 6.26 Å². The van der Waals surface area contributed by atoms with Crippen LogP contribution in [0.1, 0.15) is 29.4 Å². The van der Waals surface area contributed by atoms with Crippen LogP contribution in [0.15, 0.2) is 41.0 Å². The van der Waals surface area contributed by atoms with Crippen molar-refractivity contribution in [3.63, 3.8) is 0 Å². The van der Waals surface area contributed by atoms with Crippen LogP contribution in [0.5, 0.6) is 0 Å². The van der Waals surface area contributed by atoms with Crippen LogP contribution < -0.4 is 5.32 Å². The highest BCUT2D eigenvalue weighted by Crippen LogP contribution is 2.15. The number of aryl methyl sites for hydroxylation is 1. The molecule has 0 aliphatic carbocycles. The maximum absolute atomic E-state index is 5.62. The van der Waals surface area contributed by atoms with Crippen LogP contribution in [0, 0.1) is 6.92 Å². The quantitative estimate of drug-likeness (QED) is 0.838. The highest BCUT2D eigenvalue weighted by Gasteiger charge is 2.10. The van der Waals surface area contributed by atoms with Gasteiger partial charge in [-0.05, 0) is 37.7 Å². The molecule has 20 heavy (non-hydrogen) atoms. The number of furan rings is 1. The molecule has 1 heterocycles. The predicted molar refractivity (Wildman–Crippen MR) is 82.4 cm³/mol. The number of hydrogen-bond donors (Lipinski definition) is 1. The number of hydrogen-bond acceptors (Lipinski definition) is 3. The normalized spacial score (nSPS) is 11.2. The first kappa shape index (κ1) is 14.8. The van der Waals surface area contributed by atoms with Crippen molar-refractivity contribution in [2.75, 3.05) is 13.6 Å². The first-order valence-corrected chi connectivity index (χ1v) is 7.19. The summed E-state index contributed by atoms with van der Waals surface area (Å²) in [5.74, 6) is 1.06. The van der Waals surface area contributed by atoms with Gasteiger partial charge in [-0.15, -0.1) is 0 Å². The third-order valence-corrected chi connectivity index (χ3v) is 3.52. The van der Waals surface area contributed by atoms with Gasteiger partial charge in [0.25, 0.3) is 0 Å². The second-order valence-electron chi connectivity index (χ2n) is 5.25. The van der Waals surface area contributed by atoms with Crippen molar-refractivity contribution >= 4 is 0 Å². The molecule has 3 heteroatoms. The molecule has 0 saturated heterocycles. The first-order valence-electron chi connectivity index (χ1n) is 7.19. The summed E-state index contributed by atoms with van der Waals surface area (Å²) in [7, 11) is 2.13. The van der Waals surface area contributed by atoms with Crippen molar-refractivity contribution in [3.05, 3.63) is 59.0 Å². The SMILES string of the molecule is CCNCc1ccoc1CN(C)Cc1ccccc1C. The lowest BCUT2D eigenvalue weighted by atomic mass is 10.1. The number of nitrogens with one attached hydrogen (secondary N) is 1. The lowest BCUT2D eigenvalue weighted by Gasteiger charge is -2.17. The van der Waals surface area contributed by atoms with E-state index in [4.69, 9.17) is 4.42 Å². The van der Waals surface area contributed by atoms with E-state index in [0.717, 1.165) is 31.9 Å². The van der Waals surface area contributed by atoms with E-state index >= 15 is 0 Å². The van der Waals surface area contributed by atoms with E-state index in [-0.39, 0.29) is 0 Å². The minimum Gasteiger partial charge on any atom is -0.468 e. The maximum atomic E-state index is 5.62. The van der Waals surface area contributed by atoms with Crippen molar-refractivity contribution in [1.29, 1.82) is 0 Å². The van der Waals surface area contributed by atoms with Gasteiger partial charge in [0.15, 0.2) is 0 Å². The molecule has 0 bridgehead atoms. The zero-order valence-corrected chi connectivity index (χ0v) is 12.6. The molecule has 0 unspecified atom stereocenters. The van der Waals surface area contributed by atoms with Gasteiger partial charge in [0.05, 0.1) is 12.8 Å². The van der Waals surface area contributed by atoms with Gasteiger partial charge in [-0.3, -0.25) is 4.90 Å². The molecule has 0 spiro atoms. The van der Waals surface area contributed by atoms with Crippen LogP contribution in [0.2, 0.25) is 0 Å². The van der Waals surface area contributed by atoms with Crippen molar-refractivity contribution < 1.29 is 4.42 Å². The van der Waals surface area contributed by atoms with Crippen LogP contribution in [-0.2, 0) is 19.6 Å². The minimum absolute atomic E-state index is 0.835. The monoisotopic (exact) mass is 272 g/mol. The molecule has 1 aromatic carbocycles. The summed E-state index contributed by atoms with van der Waals surface area (Å²) in [5.41, 5.74) is 3.96. The molecule has 0 aliphatic rings. The average Bonchev–Trinajstić information content (AvgIpc) is 2.86. The lowest BCUT2D eigenvalue weighted by Crippen LogP contribution is -2.19. The van der Waals surface area contributed by atoms with E-state index in [2.05, 4.69) is 61.4 Å². The molecule has 3 nitrogen and oxygen atoms in total. The van der Waals surface area contributed by atoms with Gasteiger partial charge in [-0.1, -0.05) is 31.2 Å². The van der Waals surface area contributed by atoms with E-state index in [0.29, 0.717) is 0 Å². The molecule has 0 fully saturated rings. The average molecular weight is 272 g/mol. The summed E-state index contributed by atoms with van der Waals surface area (Å²) >= 11 is 0. The molecule has 2 aromatic rings. The Morgan fingerprint density at radius 1 is 1.10 bits per heavy atom. The largest absolute Gasteiger partial charge is 0.468 e. The molecule has 0 aliphatic heterocycles. The number of benzene rings is 1. The zero-order valence-electron chi connectivity index (χ0n) is 12.6. The highest BCUT2D eigenvalue weighted by molar-refractivity contribution is 5.25. The molecule has 2 rings (SSSR count). The Labute approximate surface area is 121 Å². The highest BCUT2D eigenvalue weighted by atomic mass is 16.3. The van der Waals surface area contributed by atoms with Crippen molar-refractivity contribution in [2.45, 2.75) is 33.5 Å². The molecule has 0 saturated carbocycles. The van der Waals surface area contributed by atoms with Gasteiger partial charge in [-0.25, -0.2) is 0 Å². The first-order chi connectivity index (χ1) is 9.70. The zero-order chi connectivity index (χ0) is 14.4. The van der Waals surface area contributed by atoms with Crippen LogP contribution >= 0.6 is 0 Å². The van der Waals surface area contributed by atoms with Crippen LogP contribution in [0.4, 0.5) is 0 Å². The fraction of sp³-hybridized carbons (Fsp3) is 0.412. The Kier molecular flexibility index (Phi) is 5.39. The Morgan fingerprint density at radius 3 is 2.65 bits per heavy atom. The fourth-order valence-corrected chi connectivity index (χ4v) is 2.30. The van der Waals surface area contributed by atoms with Gasteiger partial charge in [0, 0.05) is 18.7 Å². The summed E-state index contributed by atoms with van der Waals surface area (Å²) < 4.78 is 5.62. The molecule has 0 radical (unpaired) electrons. The Bertz CT molecular complexity index is 533. The van der Waals surface area contributed by atoms with Crippen LogP contribution in [0.3, 0.4) is 0 Å². The second kappa shape index (κ2) is 7.27. The van der Waals surface area contributed by atoms with Crippen LogP contribution in [-0.4, -0.2) is 18.5 Å². The molecule has 1 N–H and O–H groups in total. The summed E-state index contributed by atoms with van der Waals surface area (Å²) in [6, 6.07) is 10.6. The van der Waals surface area contributed by atoms with Gasteiger partial charge < -0.3 is 9.73 Å². The molecular weight excluding hydrogens is 248 g/mol. The van der Waals surface area contributed by atoms with E-state index in [1.165, 1.54) is 16.7 Å². The Morgan fingerprint density at radius 2 is 1.90 bits per heavy atom. The fourth-order valence-electron chi connectivity index (χ4n) is 2.30. The van der Waals surface area contributed by atoms with Crippen LogP contribution in [0.25, 0.3) is 0 Å². The minimum atomic E-state index is 0.835. The smallest absolute Gasteiger partial charge is 0.122 e. The molecule has 1 aromatic heterocycles. The summed E-state index contributed by atoms with van der Waals surface area (Å²) in [6.45, 7) is 7.90. The van der Waals surface area contributed by atoms with E-state index < -0.39 is 0 Å². The predicted octanol–water partition coefficient (Wildman–Crippen LogP) is 3.33. The van der Waals surface area contributed by atoms with Crippen molar-refractivity contribution in [3.8, 4) is 0 Å². The number of rotatable bonds is 7. The van der Waals surface area contributed by atoms with Gasteiger partial charge in [-0.2, -0.15) is 0 Å². The topological polar surface area (TPSA) is 28.4 Å². The van der Waals surface area contributed by atoms with Crippen molar-refractivity contribution in [1.82, 2.24) is 10.2 Å². The summed E-state index contributed by atoms with van der Waals surface area (Å²) in [6.07, 6.45) is 1.78. The van der Waals surface area contributed by atoms with E-state index in [9.17, 15) is 0 Å². The summed E-state index contributed by atoms with van der Waals surface area (Å²) in [4.78, 5) is 2.29. The van der Waals surface area contributed by atoms with Gasteiger partial charge in [0.1, 0.15) is 5.76 Å². The third-order valence-electron chi connectivity index (χ3n) is 3.52. The third kappa shape index (κ3) is 3.95. The summed E-state index contributed by atoms with van der Waals surface area (Å²) in [5, 5.41) is 3.34. The van der Waals surface area contributed by atoms with Crippen molar-refractivity contribution in [2.24, 2.45) is 0 Å². The van der Waals surface area contributed by atoms with Gasteiger partial charge in [0.2, 0.25) is 0 Å². The number of nitrogens with zero attached hydrogens (tertiary/aromatic N) is 1. The molecular formula is C17H24N2O. The molecule has 0 amide bonds. The Hall–Kier alpha value is -1.58. The van der Waals surface area contributed by atoms with Gasteiger partial charge >= 0.3 is 0 Å². The second-order valence-corrected chi connectivity index (χ2v) is 5.25.